The molecule has 2 rings (SSSR count). The van der Waals surface area contributed by atoms with Crippen LogP contribution in [-0.2, 0) is 0 Å². The maximum Gasteiger partial charge on any atom is 0.138 e. The summed E-state index contributed by atoms with van der Waals surface area (Å²) in [5.41, 5.74) is 0.277. The highest BCUT2D eigenvalue weighted by atomic mass is 79.9. The van der Waals surface area contributed by atoms with Crippen molar-refractivity contribution in [3.05, 3.63) is 28.4 Å². The van der Waals surface area contributed by atoms with Crippen LogP contribution in [0.1, 0.15) is 0 Å². The summed E-state index contributed by atoms with van der Waals surface area (Å²) in [4.78, 5) is 0. The van der Waals surface area contributed by atoms with Crippen LogP contribution < -0.4 is 0 Å². The quantitative estimate of drug-likeness (QED) is 0.744. The molecule has 62 valence electrons. The van der Waals surface area contributed by atoms with Gasteiger partial charge in [-0.25, -0.2) is 8.78 Å². The first kappa shape index (κ1) is 7.67. The molecule has 0 bridgehead atoms. The maximum atomic E-state index is 13.0. The first-order valence-electron chi connectivity index (χ1n) is 3.17. The molecule has 0 spiro atoms. The highest BCUT2D eigenvalue weighted by Gasteiger charge is 2.09. The van der Waals surface area contributed by atoms with E-state index in [1.54, 1.807) is 0 Å². The molecular weight excluding hydrogens is 230 g/mol. The van der Waals surface area contributed by atoms with Crippen molar-refractivity contribution in [2.75, 3.05) is 0 Å². The molecule has 0 saturated heterocycles. The van der Waals surface area contributed by atoms with Gasteiger partial charge in [0.25, 0.3) is 0 Å². The Morgan fingerprint density at radius 1 is 1.33 bits per heavy atom. The SMILES string of the molecule is Fc1cc(F)c2c(Br)[nH]nc2c1. The fourth-order valence-corrected chi connectivity index (χ4v) is 1.51. The topological polar surface area (TPSA) is 28.7 Å². The molecule has 0 aliphatic carbocycles. The van der Waals surface area contributed by atoms with E-state index in [4.69, 9.17) is 0 Å². The molecule has 5 heteroatoms. The second kappa shape index (κ2) is 2.52. The van der Waals surface area contributed by atoms with Crippen molar-refractivity contribution >= 4 is 26.8 Å². The zero-order valence-corrected chi connectivity index (χ0v) is 7.32. The summed E-state index contributed by atoms with van der Waals surface area (Å²) in [7, 11) is 0. The summed E-state index contributed by atoms with van der Waals surface area (Å²) in [6, 6.07) is 1.99. The maximum absolute atomic E-state index is 13.0. The average molecular weight is 233 g/mol. The fourth-order valence-electron chi connectivity index (χ4n) is 1.03. The molecule has 1 N–H and O–H groups in total. The number of halogens is 3. The number of aromatic nitrogens is 2. The minimum absolute atomic E-state index is 0.274. The molecule has 1 aromatic heterocycles. The first-order chi connectivity index (χ1) is 5.68. The van der Waals surface area contributed by atoms with E-state index in [2.05, 4.69) is 26.1 Å². The van der Waals surface area contributed by atoms with Gasteiger partial charge in [-0.1, -0.05) is 0 Å². The molecule has 0 amide bonds. The number of hydrogen-bond donors (Lipinski definition) is 1. The summed E-state index contributed by atoms with van der Waals surface area (Å²) >= 11 is 3.06. The molecule has 1 aromatic carbocycles. The summed E-state index contributed by atoms with van der Waals surface area (Å²) in [5, 5.41) is 6.47. The molecule has 1 heterocycles. The average Bonchev–Trinajstić information content (AvgIpc) is 2.31. The normalized spacial score (nSPS) is 10.9. The van der Waals surface area contributed by atoms with Gasteiger partial charge >= 0.3 is 0 Å². The Morgan fingerprint density at radius 2 is 2.08 bits per heavy atom. The van der Waals surface area contributed by atoms with Gasteiger partial charge in [0.1, 0.15) is 16.2 Å². The number of H-pyrrole nitrogens is 1. The third kappa shape index (κ3) is 1.01. The van der Waals surface area contributed by atoms with Crippen LogP contribution in [0.15, 0.2) is 16.7 Å². The minimum atomic E-state index is -0.626. The van der Waals surface area contributed by atoms with Crippen LogP contribution in [0.4, 0.5) is 8.78 Å². The number of nitrogens with one attached hydrogen (secondary N) is 1. The van der Waals surface area contributed by atoms with E-state index in [9.17, 15) is 8.78 Å². The second-order valence-electron chi connectivity index (χ2n) is 2.32. The third-order valence-electron chi connectivity index (χ3n) is 1.53. The van der Waals surface area contributed by atoms with E-state index in [1.807, 2.05) is 0 Å². The van der Waals surface area contributed by atoms with E-state index in [0.717, 1.165) is 6.07 Å². The molecule has 0 fully saturated rings. The van der Waals surface area contributed by atoms with Gasteiger partial charge in [-0.15, -0.1) is 0 Å². The zero-order chi connectivity index (χ0) is 8.72. The molecular formula is C7H3BrF2N2. The van der Waals surface area contributed by atoms with Crippen LogP contribution in [-0.4, -0.2) is 10.2 Å². The molecule has 0 aliphatic rings. The fraction of sp³-hybridized carbons (Fsp3) is 0. The number of benzene rings is 1. The Kier molecular flexibility index (Phi) is 1.61. The molecule has 12 heavy (non-hydrogen) atoms. The van der Waals surface area contributed by atoms with E-state index in [0.29, 0.717) is 4.60 Å². The Bertz CT molecular complexity index is 438. The number of rotatable bonds is 0. The standard InChI is InChI=1S/C7H3BrF2N2/c8-7-6-4(10)1-3(9)2-5(6)11-12-7/h1-2H,(H,11,12). The lowest BCUT2D eigenvalue weighted by Crippen LogP contribution is -1.80. The van der Waals surface area contributed by atoms with Crippen molar-refractivity contribution in [3.63, 3.8) is 0 Å². The summed E-state index contributed by atoms with van der Waals surface area (Å²) in [5.74, 6) is -1.25. The van der Waals surface area contributed by atoms with Gasteiger partial charge in [-0.05, 0) is 15.9 Å². The zero-order valence-electron chi connectivity index (χ0n) is 5.74. The Labute approximate surface area is 74.7 Å². The van der Waals surface area contributed by atoms with Gasteiger partial charge < -0.3 is 0 Å². The summed E-state index contributed by atoms with van der Waals surface area (Å²) < 4.78 is 26.0. The lowest BCUT2D eigenvalue weighted by molar-refractivity contribution is 0.592. The highest BCUT2D eigenvalue weighted by molar-refractivity contribution is 9.10. The van der Waals surface area contributed by atoms with E-state index in [-0.39, 0.29) is 10.9 Å². The van der Waals surface area contributed by atoms with Crippen molar-refractivity contribution in [1.82, 2.24) is 10.2 Å². The lowest BCUT2D eigenvalue weighted by atomic mass is 10.2. The largest absolute Gasteiger partial charge is 0.270 e. The Balaban J connectivity index is 2.93. The lowest BCUT2D eigenvalue weighted by Gasteiger charge is -1.91. The van der Waals surface area contributed by atoms with Crippen molar-refractivity contribution in [2.45, 2.75) is 0 Å². The van der Waals surface area contributed by atoms with Crippen LogP contribution in [0, 0.1) is 11.6 Å². The number of fused-ring (bicyclic) bond motifs is 1. The summed E-state index contributed by atoms with van der Waals surface area (Å²) in [6.45, 7) is 0. The van der Waals surface area contributed by atoms with Gasteiger partial charge in [0.15, 0.2) is 0 Å². The first-order valence-corrected chi connectivity index (χ1v) is 3.96. The minimum Gasteiger partial charge on any atom is -0.270 e. The second-order valence-corrected chi connectivity index (χ2v) is 3.11. The molecule has 2 nitrogen and oxygen atoms in total. The highest BCUT2D eigenvalue weighted by Crippen LogP contribution is 2.24. The van der Waals surface area contributed by atoms with Crippen LogP contribution in [0.3, 0.4) is 0 Å². The molecule has 0 atom stereocenters. The molecule has 0 aliphatic heterocycles. The Morgan fingerprint density at radius 3 is 2.83 bits per heavy atom. The van der Waals surface area contributed by atoms with Crippen LogP contribution >= 0.6 is 15.9 Å². The molecule has 0 radical (unpaired) electrons. The number of hydrogen-bond acceptors (Lipinski definition) is 1. The van der Waals surface area contributed by atoms with Crippen molar-refractivity contribution in [1.29, 1.82) is 0 Å². The summed E-state index contributed by atoms with van der Waals surface area (Å²) in [6.07, 6.45) is 0. The van der Waals surface area contributed by atoms with Crippen molar-refractivity contribution in [2.24, 2.45) is 0 Å². The van der Waals surface area contributed by atoms with Crippen molar-refractivity contribution in [3.8, 4) is 0 Å². The van der Waals surface area contributed by atoms with Crippen LogP contribution in [0.2, 0.25) is 0 Å². The van der Waals surface area contributed by atoms with E-state index < -0.39 is 11.6 Å². The third-order valence-corrected chi connectivity index (χ3v) is 2.10. The molecule has 2 aromatic rings. The predicted octanol–water partition coefficient (Wildman–Crippen LogP) is 2.60. The van der Waals surface area contributed by atoms with Gasteiger partial charge in [0.05, 0.1) is 10.9 Å². The van der Waals surface area contributed by atoms with Crippen LogP contribution in [0.5, 0.6) is 0 Å². The van der Waals surface area contributed by atoms with Gasteiger partial charge in [0, 0.05) is 12.1 Å². The number of nitrogens with zero attached hydrogens (tertiary/aromatic N) is 1. The molecule has 0 saturated carbocycles. The smallest absolute Gasteiger partial charge is 0.138 e. The Hall–Kier alpha value is -0.970. The monoisotopic (exact) mass is 232 g/mol. The van der Waals surface area contributed by atoms with Gasteiger partial charge in [-0.2, -0.15) is 5.10 Å². The van der Waals surface area contributed by atoms with Crippen LogP contribution in [0.25, 0.3) is 10.9 Å². The van der Waals surface area contributed by atoms with E-state index >= 15 is 0 Å². The number of aromatic amines is 1. The predicted molar refractivity (Wildman–Crippen MR) is 43.7 cm³/mol. The van der Waals surface area contributed by atoms with Gasteiger partial charge in [-0.3, -0.25) is 5.10 Å². The van der Waals surface area contributed by atoms with E-state index in [1.165, 1.54) is 6.07 Å². The molecule has 0 unspecified atom stereocenters. The van der Waals surface area contributed by atoms with Crippen molar-refractivity contribution < 1.29 is 8.78 Å². The van der Waals surface area contributed by atoms with Gasteiger partial charge in [0.2, 0.25) is 0 Å².